The lowest BCUT2D eigenvalue weighted by atomic mass is 10.2. The molecular formula is C6H6N4O. The van der Waals surface area contributed by atoms with Gasteiger partial charge in [0.05, 0.1) is 6.54 Å². The highest BCUT2D eigenvalue weighted by Crippen LogP contribution is 1.99. The molecule has 1 aliphatic rings. The highest BCUT2D eigenvalue weighted by atomic mass is 16.1. The summed E-state index contributed by atoms with van der Waals surface area (Å²) in [5, 5.41) is 15.7. The molecule has 1 heterocycles. The minimum absolute atomic E-state index is 0.0621. The Morgan fingerprint density at radius 2 is 2.73 bits per heavy atom. The standard InChI is InChI=1S/C6H6N4O/c7-4-10-5(3-11)1-9-2-6(10)8/h1,3,5,8H,2H2. The molecule has 0 saturated heterocycles. The Labute approximate surface area is 63.5 Å². The van der Waals surface area contributed by atoms with E-state index in [0.29, 0.717) is 6.29 Å². The number of nitrogens with zero attached hydrogens (tertiary/aromatic N) is 3. The van der Waals surface area contributed by atoms with Gasteiger partial charge in [0, 0.05) is 6.21 Å². The van der Waals surface area contributed by atoms with E-state index in [1.807, 2.05) is 0 Å². The first kappa shape index (κ1) is 7.41. The van der Waals surface area contributed by atoms with E-state index >= 15 is 0 Å². The maximum Gasteiger partial charge on any atom is 0.186 e. The molecule has 0 bridgehead atoms. The van der Waals surface area contributed by atoms with Crippen LogP contribution in [0.3, 0.4) is 0 Å². The van der Waals surface area contributed by atoms with Crippen molar-refractivity contribution in [1.82, 2.24) is 4.90 Å². The first-order valence-corrected chi connectivity index (χ1v) is 3.01. The van der Waals surface area contributed by atoms with Crippen LogP contribution >= 0.6 is 0 Å². The first-order chi connectivity index (χ1) is 5.29. The van der Waals surface area contributed by atoms with Crippen LogP contribution in [-0.2, 0) is 4.79 Å². The zero-order chi connectivity index (χ0) is 8.27. The third-order valence-electron chi connectivity index (χ3n) is 1.34. The smallest absolute Gasteiger partial charge is 0.186 e. The lowest BCUT2D eigenvalue weighted by molar-refractivity contribution is -0.109. The second-order valence-corrected chi connectivity index (χ2v) is 2.03. The lowest BCUT2D eigenvalue weighted by Gasteiger charge is -2.21. The minimum Gasteiger partial charge on any atom is -0.301 e. The van der Waals surface area contributed by atoms with E-state index in [1.165, 1.54) is 6.21 Å². The molecular weight excluding hydrogens is 144 g/mol. The van der Waals surface area contributed by atoms with Crippen LogP contribution in [0.15, 0.2) is 4.99 Å². The van der Waals surface area contributed by atoms with Crippen molar-refractivity contribution in [2.75, 3.05) is 6.54 Å². The Balaban J connectivity index is 2.87. The number of carbonyl (C=O) groups excluding carboxylic acids is 1. The number of amidine groups is 1. The van der Waals surface area contributed by atoms with Crippen LogP contribution in [0.1, 0.15) is 0 Å². The van der Waals surface area contributed by atoms with Gasteiger partial charge < -0.3 is 4.79 Å². The largest absolute Gasteiger partial charge is 0.301 e. The highest BCUT2D eigenvalue weighted by Gasteiger charge is 2.21. The third-order valence-corrected chi connectivity index (χ3v) is 1.34. The Bertz CT molecular complexity index is 252. The summed E-state index contributed by atoms with van der Waals surface area (Å²) in [6.45, 7) is 0.178. The van der Waals surface area contributed by atoms with Gasteiger partial charge in [0.1, 0.15) is 18.2 Å². The summed E-state index contributed by atoms with van der Waals surface area (Å²) >= 11 is 0. The van der Waals surface area contributed by atoms with Gasteiger partial charge in [-0.15, -0.1) is 0 Å². The van der Waals surface area contributed by atoms with E-state index in [2.05, 4.69) is 4.99 Å². The van der Waals surface area contributed by atoms with Crippen molar-refractivity contribution in [3.05, 3.63) is 0 Å². The van der Waals surface area contributed by atoms with E-state index in [1.54, 1.807) is 6.19 Å². The molecule has 0 aromatic heterocycles. The molecule has 0 aromatic carbocycles. The maximum atomic E-state index is 10.3. The maximum absolute atomic E-state index is 10.3. The summed E-state index contributed by atoms with van der Waals surface area (Å²) in [6.07, 6.45) is 3.69. The fourth-order valence-corrected chi connectivity index (χ4v) is 0.793. The summed E-state index contributed by atoms with van der Waals surface area (Å²) < 4.78 is 0. The second kappa shape index (κ2) is 2.92. The van der Waals surface area contributed by atoms with Crippen molar-refractivity contribution in [3.8, 4) is 6.19 Å². The van der Waals surface area contributed by atoms with Crippen molar-refractivity contribution in [1.29, 1.82) is 10.7 Å². The molecule has 0 spiro atoms. The van der Waals surface area contributed by atoms with E-state index in [4.69, 9.17) is 10.7 Å². The molecule has 1 aliphatic heterocycles. The Kier molecular flexibility index (Phi) is 1.97. The van der Waals surface area contributed by atoms with Crippen LogP contribution in [0.5, 0.6) is 0 Å². The monoisotopic (exact) mass is 150 g/mol. The average Bonchev–Trinajstić information content (AvgIpc) is 2.04. The van der Waals surface area contributed by atoms with Gasteiger partial charge in [-0.05, 0) is 0 Å². The van der Waals surface area contributed by atoms with Gasteiger partial charge in [-0.2, -0.15) is 5.26 Å². The zero-order valence-electron chi connectivity index (χ0n) is 5.69. The fourth-order valence-electron chi connectivity index (χ4n) is 0.793. The molecule has 1 unspecified atom stereocenters. The van der Waals surface area contributed by atoms with Crippen LogP contribution in [0.2, 0.25) is 0 Å². The summed E-state index contributed by atoms with van der Waals surface area (Å²) in [4.78, 5) is 15.1. The van der Waals surface area contributed by atoms with Gasteiger partial charge in [-0.1, -0.05) is 0 Å². The van der Waals surface area contributed by atoms with Crippen LogP contribution in [-0.4, -0.2) is 35.8 Å². The fraction of sp³-hybridized carbons (Fsp3) is 0.333. The van der Waals surface area contributed by atoms with Crippen LogP contribution < -0.4 is 0 Å². The topological polar surface area (TPSA) is 80.3 Å². The molecule has 1 rings (SSSR count). The van der Waals surface area contributed by atoms with E-state index in [0.717, 1.165) is 4.90 Å². The summed E-state index contributed by atoms with van der Waals surface area (Å²) in [5.41, 5.74) is 0. The van der Waals surface area contributed by atoms with Gasteiger partial charge in [0.15, 0.2) is 6.19 Å². The molecule has 5 heteroatoms. The molecule has 0 fully saturated rings. The SMILES string of the molecule is N#CN1C(=N)CN=CC1C=O. The quantitative estimate of drug-likeness (QED) is 0.400. The molecule has 0 aromatic rings. The number of hydrogen-bond donors (Lipinski definition) is 1. The Hall–Kier alpha value is -1.70. The lowest BCUT2D eigenvalue weighted by Crippen LogP contribution is -2.42. The molecule has 56 valence electrons. The molecule has 0 amide bonds. The molecule has 1 atom stereocenters. The molecule has 5 nitrogen and oxygen atoms in total. The predicted octanol–water partition coefficient (Wildman–Crippen LogP) is -0.601. The van der Waals surface area contributed by atoms with Gasteiger partial charge in [-0.3, -0.25) is 10.4 Å². The van der Waals surface area contributed by atoms with Crippen molar-refractivity contribution >= 4 is 18.3 Å². The summed E-state index contributed by atoms with van der Waals surface area (Å²) in [7, 11) is 0. The van der Waals surface area contributed by atoms with Crippen molar-refractivity contribution in [2.24, 2.45) is 4.99 Å². The number of nitrogens with one attached hydrogen (secondary N) is 1. The number of aldehydes is 1. The van der Waals surface area contributed by atoms with Crippen molar-refractivity contribution < 1.29 is 4.79 Å². The molecule has 0 radical (unpaired) electrons. The molecule has 0 saturated carbocycles. The number of nitriles is 1. The predicted molar refractivity (Wildman–Crippen MR) is 38.4 cm³/mol. The second-order valence-electron chi connectivity index (χ2n) is 2.03. The number of hydrogen-bond acceptors (Lipinski definition) is 4. The number of aliphatic imine (C=N–C) groups is 1. The Morgan fingerprint density at radius 1 is 2.00 bits per heavy atom. The molecule has 0 aliphatic carbocycles. The van der Waals surface area contributed by atoms with Crippen LogP contribution in [0.4, 0.5) is 0 Å². The normalized spacial score (nSPS) is 23.0. The zero-order valence-corrected chi connectivity index (χ0v) is 5.69. The van der Waals surface area contributed by atoms with E-state index < -0.39 is 6.04 Å². The Morgan fingerprint density at radius 3 is 3.18 bits per heavy atom. The number of carbonyl (C=O) groups is 1. The third kappa shape index (κ3) is 1.24. The van der Waals surface area contributed by atoms with Crippen LogP contribution in [0.25, 0.3) is 0 Å². The van der Waals surface area contributed by atoms with Gasteiger partial charge in [-0.25, -0.2) is 4.90 Å². The van der Waals surface area contributed by atoms with E-state index in [9.17, 15) is 4.79 Å². The average molecular weight is 150 g/mol. The van der Waals surface area contributed by atoms with Gasteiger partial charge in [0.2, 0.25) is 0 Å². The van der Waals surface area contributed by atoms with Crippen LogP contribution in [0, 0.1) is 16.9 Å². The minimum atomic E-state index is -0.679. The first-order valence-electron chi connectivity index (χ1n) is 3.01. The molecule has 1 N–H and O–H groups in total. The summed E-state index contributed by atoms with van der Waals surface area (Å²) in [5.74, 6) is 0.0621. The molecule has 11 heavy (non-hydrogen) atoms. The van der Waals surface area contributed by atoms with E-state index in [-0.39, 0.29) is 12.4 Å². The van der Waals surface area contributed by atoms with Crippen molar-refractivity contribution in [3.63, 3.8) is 0 Å². The van der Waals surface area contributed by atoms with Gasteiger partial charge in [0.25, 0.3) is 0 Å². The highest BCUT2D eigenvalue weighted by molar-refractivity contribution is 5.97. The van der Waals surface area contributed by atoms with Crippen molar-refractivity contribution in [2.45, 2.75) is 6.04 Å². The summed E-state index contributed by atoms with van der Waals surface area (Å²) in [6, 6.07) is -0.679. The number of rotatable bonds is 1. The van der Waals surface area contributed by atoms with Gasteiger partial charge >= 0.3 is 0 Å².